The van der Waals surface area contributed by atoms with Crippen molar-refractivity contribution in [3.05, 3.63) is 42.4 Å². The van der Waals surface area contributed by atoms with Gasteiger partial charge in [0.1, 0.15) is 5.82 Å². The van der Waals surface area contributed by atoms with Crippen molar-refractivity contribution in [1.29, 1.82) is 0 Å². The van der Waals surface area contributed by atoms with Crippen LogP contribution >= 0.6 is 24.0 Å². The van der Waals surface area contributed by atoms with E-state index in [1.54, 1.807) is 14.2 Å². The van der Waals surface area contributed by atoms with Crippen LogP contribution in [0.4, 0.5) is 0 Å². The summed E-state index contributed by atoms with van der Waals surface area (Å²) in [6.07, 6.45) is 1.84. The van der Waals surface area contributed by atoms with Gasteiger partial charge in [-0.3, -0.25) is 4.99 Å². The maximum atomic E-state index is 5.38. The quantitative estimate of drug-likeness (QED) is 0.365. The lowest BCUT2D eigenvalue weighted by molar-refractivity contribution is 0.0268. The molecule has 1 aromatic carbocycles. The number of guanidine groups is 1. The Hall–Kier alpha value is -1.61. The number of aromatic amines is 1. The zero-order chi connectivity index (χ0) is 16.7. The molecule has 0 radical (unpaired) electrons. The summed E-state index contributed by atoms with van der Waals surface area (Å²) in [5.41, 5.74) is 1.88. The summed E-state index contributed by atoms with van der Waals surface area (Å²) < 4.78 is 5.38. The van der Waals surface area contributed by atoms with E-state index < -0.39 is 0 Å². The standard InChI is InChI=1S/C17H25N5O.HI/c1-17(2,23-4)12-21-16(18-3)20-11-15-19-10-14(22-15)13-8-6-5-7-9-13;/h5-10H,11-12H2,1-4H3,(H,19,22)(H2,18,20,21);1H. The molecule has 0 aliphatic rings. The second-order valence-electron chi connectivity index (χ2n) is 5.85. The molecule has 0 atom stereocenters. The summed E-state index contributed by atoms with van der Waals surface area (Å²) in [5.74, 6) is 1.57. The molecule has 0 saturated heterocycles. The number of benzene rings is 1. The highest BCUT2D eigenvalue weighted by atomic mass is 127. The van der Waals surface area contributed by atoms with Gasteiger partial charge in [0.2, 0.25) is 0 Å². The lowest BCUT2D eigenvalue weighted by Crippen LogP contribution is -2.45. The highest BCUT2D eigenvalue weighted by Gasteiger charge is 2.16. The van der Waals surface area contributed by atoms with E-state index in [0.29, 0.717) is 19.0 Å². The van der Waals surface area contributed by atoms with Crippen molar-refractivity contribution in [3.63, 3.8) is 0 Å². The number of nitrogens with zero attached hydrogens (tertiary/aromatic N) is 2. The van der Waals surface area contributed by atoms with Crippen molar-refractivity contribution >= 4 is 29.9 Å². The molecule has 0 bridgehead atoms. The van der Waals surface area contributed by atoms with E-state index in [1.165, 1.54) is 0 Å². The summed E-state index contributed by atoms with van der Waals surface area (Å²) >= 11 is 0. The molecular weight excluding hydrogens is 417 g/mol. The number of imidazole rings is 1. The van der Waals surface area contributed by atoms with Crippen molar-refractivity contribution in [2.75, 3.05) is 20.7 Å². The lowest BCUT2D eigenvalue weighted by Gasteiger charge is -2.24. The van der Waals surface area contributed by atoms with Gasteiger partial charge in [0.15, 0.2) is 5.96 Å². The predicted octanol–water partition coefficient (Wildman–Crippen LogP) is 2.78. The molecule has 2 aromatic rings. The van der Waals surface area contributed by atoms with Gasteiger partial charge >= 0.3 is 0 Å². The Morgan fingerprint density at radius 1 is 1.25 bits per heavy atom. The second-order valence-corrected chi connectivity index (χ2v) is 5.85. The predicted molar refractivity (Wildman–Crippen MR) is 109 cm³/mol. The minimum atomic E-state index is -0.247. The molecule has 0 saturated carbocycles. The number of ether oxygens (including phenoxy) is 1. The number of halogens is 1. The minimum Gasteiger partial charge on any atom is -0.377 e. The maximum Gasteiger partial charge on any atom is 0.191 e. The van der Waals surface area contributed by atoms with Gasteiger partial charge in [-0.15, -0.1) is 24.0 Å². The Morgan fingerprint density at radius 3 is 2.58 bits per heavy atom. The molecule has 0 unspecified atom stereocenters. The monoisotopic (exact) mass is 443 g/mol. The van der Waals surface area contributed by atoms with Crippen LogP contribution in [0.25, 0.3) is 11.3 Å². The first-order chi connectivity index (χ1) is 11.0. The first kappa shape index (κ1) is 20.4. The van der Waals surface area contributed by atoms with Gasteiger partial charge in [0, 0.05) is 20.7 Å². The third kappa shape index (κ3) is 6.12. The smallest absolute Gasteiger partial charge is 0.191 e. The SMILES string of the molecule is CN=C(NCc1ncc(-c2ccccc2)[nH]1)NCC(C)(C)OC.I. The topological polar surface area (TPSA) is 74.3 Å². The van der Waals surface area contributed by atoms with Crippen molar-refractivity contribution in [2.24, 2.45) is 4.99 Å². The molecule has 0 spiro atoms. The van der Waals surface area contributed by atoms with E-state index in [4.69, 9.17) is 4.74 Å². The Bertz CT molecular complexity index is 639. The van der Waals surface area contributed by atoms with Crippen molar-refractivity contribution in [3.8, 4) is 11.3 Å². The molecule has 2 rings (SSSR count). The molecule has 1 aromatic heterocycles. The zero-order valence-corrected chi connectivity index (χ0v) is 16.9. The zero-order valence-electron chi connectivity index (χ0n) is 14.6. The molecule has 1 heterocycles. The van der Waals surface area contributed by atoms with Crippen LogP contribution in [0.3, 0.4) is 0 Å². The van der Waals surface area contributed by atoms with Gasteiger partial charge in [0.05, 0.1) is 24.0 Å². The fourth-order valence-electron chi connectivity index (χ4n) is 1.97. The number of nitrogens with one attached hydrogen (secondary N) is 3. The van der Waals surface area contributed by atoms with Gasteiger partial charge in [-0.2, -0.15) is 0 Å². The molecular formula is C17H26IN5O. The Labute approximate surface area is 160 Å². The van der Waals surface area contributed by atoms with Crippen LogP contribution in [0.15, 0.2) is 41.5 Å². The number of H-pyrrole nitrogens is 1. The third-order valence-electron chi connectivity index (χ3n) is 3.59. The lowest BCUT2D eigenvalue weighted by atomic mass is 10.1. The normalized spacial score (nSPS) is 11.8. The first-order valence-electron chi connectivity index (χ1n) is 7.63. The summed E-state index contributed by atoms with van der Waals surface area (Å²) in [5, 5.41) is 6.48. The average Bonchev–Trinajstić information content (AvgIpc) is 3.05. The molecule has 0 amide bonds. The van der Waals surface area contributed by atoms with Crippen molar-refractivity contribution in [2.45, 2.75) is 26.0 Å². The van der Waals surface area contributed by atoms with Crippen LogP contribution in [0, 0.1) is 0 Å². The molecule has 132 valence electrons. The minimum absolute atomic E-state index is 0. The molecule has 3 N–H and O–H groups in total. The fourth-order valence-corrected chi connectivity index (χ4v) is 1.97. The number of aromatic nitrogens is 2. The molecule has 24 heavy (non-hydrogen) atoms. The van der Waals surface area contributed by atoms with Gasteiger partial charge in [-0.25, -0.2) is 4.98 Å². The highest BCUT2D eigenvalue weighted by molar-refractivity contribution is 14.0. The van der Waals surface area contributed by atoms with E-state index in [2.05, 4.69) is 37.7 Å². The van der Waals surface area contributed by atoms with E-state index in [-0.39, 0.29) is 29.6 Å². The van der Waals surface area contributed by atoms with Gasteiger partial charge in [-0.05, 0) is 19.4 Å². The maximum absolute atomic E-state index is 5.38. The van der Waals surface area contributed by atoms with Crippen LogP contribution < -0.4 is 10.6 Å². The third-order valence-corrected chi connectivity index (χ3v) is 3.59. The number of hydrogen-bond acceptors (Lipinski definition) is 3. The van der Waals surface area contributed by atoms with Gasteiger partial charge in [0.25, 0.3) is 0 Å². The Morgan fingerprint density at radius 2 is 1.96 bits per heavy atom. The highest BCUT2D eigenvalue weighted by Crippen LogP contribution is 2.15. The van der Waals surface area contributed by atoms with Crippen LogP contribution in [-0.4, -0.2) is 42.2 Å². The second kappa shape index (κ2) is 9.63. The van der Waals surface area contributed by atoms with Gasteiger partial charge < -0.3 is 20.4 Å². The van der Waals surface area contributed by atoms with Crippen LogP contribution in [0.5, 0.6) is 0 Å². The van der Waals surface area contributed by atoms with Crippen molar-refractivity contribution in [1.82, 2.24) is 20.6 Å². The van der Waals surface area contributed by atoms with Crippen LogP contribution in [0.2, 0.25) is 0 Å². The fraction of sp³-hybridized carbons (Fsp3) is 0.412. The summed E-state index contributed by atoms with van der Waals surface area (Å²) in [6.45, 7) is 5.27. The summed E-state index contributed by atoms with van der Waals surface area (Å²) in [4.78, 5) is 11.9. The molecule has 7 heteroatoms. The molecule has 6 nitrogen and oxygen atoms in total. The van der Waals surface area contributed by atoms with Crippen molar-refractivity contribution < 1.29 is 4.74 Å². The van der Waals surface area contributed by atoms with Crippen LogP contribution in [-0.2, 0) is 11.3 Å². The number of aliphatic imine (C=N–C) groups is 1. The largest absolute Gasteiger partial charge is 0.377 e. The van der Waals surface area contributed by atoms with E-state index in [9.17, 15) is 0 Å². The van der Waals surface area contributed by atoms with E-state index in [0.717, 1.165) is 17.1 Å². The molecule has 0 aliphatic carbocycles. The first-order valence-corrected chi connectivity index (χ1v) is 7.63. The molecule has 0 fully saturated rings. The Kier molecular flexibility index (Phi) is 8.20. The number of rotatable bonds is 6. The average molecular weight is 443 g/mol. The number of methoxy groups -OCH3 is 1. The summed E-state index contributed by atoms with van der Waals surface area (Å²) in [7, 11) is 3.44. The van der Waals surface area contributed by atoms with E-state index in [1.807, 2.05) is 38.2 Å². The Balaban J connectivity index is 0.00000288. The molecule has 0 aliphatic heterocycles. The van der Waals surface area contributed by atoms with E-state index >= 15 is 0 Å². The van der Waals surface area contributed by atoms with Crippen LogP contribution in [0.1, 0.15) is 19.7 Å². The number of hydrogen-bond donors (Lipinski definition) is 3. The van der Waals surface area contributed by atoms with Gasteiger partial charge in [-0.1, -0.05) is 30.3 Å². The summed E-state index contributed by atoms with van der Waals surface area (Å²) in [6, 6.07) is 10.1.